The molecule has 1 rings (SSSR count). The van der Waals surface area contributed by atoms with Crippen molar-refractivity contribution in [2.45, 2.75) is 52.9 Å². The lowest BCUT2D eigenvalue weighted by Gasteiger charge is -2.29. The minimum Gasteiger partial charge on any atom is -0.303 e. The quantitative estimate of drug-likeness (QED) is 0.580. The Kier molecular flexibility index (Phi) is 6.20. The Balaban J connectivity index is 2.29. The number of unbranched alkanes of at least 4 members (excludes halogenated alkanes) is 1. The van der Waals surface area contributed by atoms with Gasteiger partial charge in [0.05, 0.1) is 0 Å². The third kappa shape index (κ3) is 5.09. The normalized spacial score (nSPS) is 24.4. The van der Waals surface area contributed by atoms with Crippen LogP contribution in [0.25, 0.3) is 0 Å². The van der Waals surface area contributed by atoms with E-state index in [9.17, 15) is 0 Å². The van der Waals surface area contributed by atoms with Gasteiger partial charge in [-0.3, -0.25) is 0 Å². The molecule has 0 saturated carbocycles. The van der Waals surface area contributed by atoms with Crippen molar-refractivity contribution in [2.24, 2.45) is 11.3 Å². The minimum absolute atomic E-state index is 0.501. The van der Waals surface area contributed by atoms with Crippen molar-refractivity contribution in [3.63, 3.8) is 0 Å². The van der Waals surface area contributed by atoms with Crippen molar-refractivity contribution in [3.8, 4) is 0 Å². The van der Waals surface area contributed by atoms with Crippen LogP contribution in [0.4, 0.5) is 0 Å². The van der Waals surface area contributed by atoms with Crippen molar-refractivity contribution in [1.29, 1.82) is 0 Å². The van der Waals surface area contributed by atoms with E-state index in [4.69, 9.17) is 0 Å². The van der Waals surface area contributed by atoms with Gasteiger partial charge in [0.2, 0.25) is 0 Å². The predicted molar refractivity (Wildman–Crippen MR) is 76.3 cm³/mol. The molecule has 1 nitrogen and oxygen atoms in total. The topological polar surface area (TPSA) is 3.24 Å². The van der Waals surface area contributed by atoms with Gasteiger partial charge in [-0.1, -0.05) is 20.8 Å². The van der Waals surface area contributed by atoms with E-state index in [1.54, 1.807) is 0 Å². The van der Waals surface area contributed by atoms with Gasteiger partial charge < -0.3 is 4.90 Å². The zero-order valence-corrected chi connectivity index (χ0v) is 12.2. The second-order valence-electron chi connectivity index (χ2n) is 6.27. The Morgan fingerprint density at radius 3 is 2.50 bits per heavy atom. The first-order chi connectivity index (χ1) is 7.54. The molecule has 1 saturated heterocycles. The van der Waals surface area contributed by atoms with Crippen LogP contribution in [0.3, 0.4) is 0 Å². The Morgan fingerprint density at radius 2 is 1.88 bits per heavy atom. The first kappa shape index (κ1) is 14.4. The van der Waals surface area contributed by atoms with Gasteiger partial charge in [-0.15, -0.1) is 0 Å². The summed E-state index contributed by atoms with van der Waals surface area (Å²) in [7, 11) is 0. The van der Waals surface area contributed by atoms with Crippen molar-refractivity contribution in [3.05, 3.63) is 0 Å². The third-order valence-corrected chi connectivity index (χ3v) is 4.24. The summed E-state index contributed by atoms with van der Waals surface area (Å²) >= 11 is 4.27. The first-order valence-corrected chi connectivity index (χ1v) is 7.50. The van der Waals surface area contributed by atoms with Crippen LogP contribution in [0.2, 0.25) is 0 Å². The molecule has 0 radical (unpaired) electrons. The number of hydrogen-bond acceptors (Lipinski definition) is 2. The maximum Gasteiger partial charge on any atom is -0.00159 e. The van der Waals surface area contributed by atoms with E-state index in [0.717, 1.165) is 11.7 Å². The molecule has 0 aliphatic carbocycles. The summed E-state index contributed by atoms with van der Waals surface area (Å²) in [4.78, 5) is 2.66. The lowest BCUT2D eigenvalue weighted by Crippen LogP contribution is -2.27. The van der Waals surface area contributed by atoms with Crippen LogP contribution in [0.1, 0.15) is 52.9 Å². The summed E-state index contributed by atoms with van der Waals surface area (Å²) in [5.41, 5.74) is 0.501. The van der Waals surface area contributed by atoms with Crippen molar-refractivity contribution in [2.75, 3.05) is 25.4 Å². The maximum absolute atomic E-state index is 4.27. The molecule has 96 valence electrons. The summed E-state index contributed by atoms with van der Waals surface area (Å²) < 4.78 is 0. The molecule has 0 spiro atoms. The standard InChI is InChI=1S/C14H29NS/c1-14(2,3)13-7-6-10-15(11-8-13)9-4-5-12-16/h13,16H,4-12H2,1-3H3. The fraction of sp³-hybridized carbons (Fsp3) is 1.00. The van der Waals surface area contributed by atoms with Gasteiger partial charge in [0, 0.05) is 0 Å². The van der Waals surface area contributed by atoms with Gasteiger partial charge in [-0.25, -0.2) is 0 Å². The zero-order chi connectivity index (χ0) is 12.0. The van der Waals surface area contributed by atoms with Gasteiger partial charge >= 0.3 is 0 Å². The van der Waals surface area contributed by atoms with Gasteiger partial charge in [-0.05, 0) is 68.8 Å². The van der Waals surface area contributed by atoms with Crippen LogP contribution in [-0.4, -0.2) is 30.3 Å². The molecule has 0 N–H and O–H groups in total. The fourth-order valence-electron chi connectivity index (χ4n) is 2.69. The molecule has 0 aromatic carbocycles. The van der Waals surface area contributed by atoms with Crippen LogP contribution in [0.5, 0.6) is 0 Å². The molecular formula is C14H29NS. The number of nitrogens with zero attached hydrogens (tertiary/aromatic N) is 1. The number of thiol groups is 1. The Labute approximate surface area is 107 Å². The maximum atomic E-state index is 4.27. The molecule has 0 bridgehead atoms. The predicted octanol–water partition coefficient (Wildman–Crippen LogP) is 3.84. The van der Waals surface area contributed by atoms with E-state index >= 15 is 0 Å². The van der Waals surface area contributed by atoms with Crippen LogP contribution >= 0.6 is 12.6 Å². The van der Waals surface area contributed by atoms with Gasteiger partial charge in [0.1, 0.15) is 0 Å². The largest absolute Gasteiger partial charge is 0.303 e. The fourth-order valence-corrected chi connectivity index (χ4v) is 2.92. The van der Waals surface area contributed by atoms with E-state index in [-0.39, 0.29) is 0 Å². The van der Waals surface area contributed by atoms with Crippen molar-refractivity contribution in [1.82, 2.24) is 4.90 Å². The van der Waals surface area contributed by atoms with Gasteiger partial charge in [0.25, 0.3) is 0 Å². The van der Waals surface area contributed by atoms with Crippen molar-refractivity contribution < 1.29 is 0 Å². The molecule has 1 atom stereocenters. The monoisotopic (exact) mass is 243 g/mol. The summed E-state index contributed by atoms with van der Waals surface area (Å²) in [5, 5.41) is 0. The van der Waals surface area contributed by atoms with Crippen molar-refractivity contribution >= 4 is 12.6 Å². The van der Waals surface area contributed by atoms with E-state index in [0.29, 0.717) is 5.41 Å². The average molecular weight is 243 g/mol. The highest BCUT2D eigenvalue weighted by atomic mass is 32.1. The number of hydrogen-bond donors (Lipinski definition) is 1. The summed E-state index contributed by atoms with van der Waals surface area (Å²) in [6, 6.07) is 0. The molecular weight excluding hydrogens is 214 g/mol. The summed E-state index contributed by atoms with van der Waals surface area (Å²) in [5.74, 6) is 1.96. The Bertz CT molecular complexity index is 186. The molecule has 16 heavy (non-hydrogen) atoms. The molecule has 0 aromatic heterocycles. The summed E-state index contributed by atoms with van der Waals surface area (Å²) in [6.45, 7) is 11.1. The lowest BCUT2D eigenvalue weighted by molar-refractivity contribution is 0.207. The second-order valence-corrected chi connectivity index (χ2v) is 6.71. The average Bonchev–Trinajstić information content (AvgIpc) is 2.43. The molecule has 0 aromatic rings. The molecule has 2 heteroatoms. The summed E-state index contributed by atoms with van der Waals surface area (Å²) in [6.07, 6.45) is 6.80. The molecule has 0 amide bonds. The molecule has 1 aliphatic heterocycles. The first-order valence-electron chi connectivity index (χ1n) is 6.87. The van der Waals surface area contributed by atoms with E-state index in [2.05, 4.69) is 38.3 Å². The highest BCUT2D eigenvalue weighted by Gasteiger charge is 2.26. The van der Waals surface area contributed by atoms with Gasteiger partial charge in [-0.2, -0.15) is 12.6 Å². The molecule has 1 heterocycles. The SMILES string of the molecule is CC(C)(C)C1CCCN(CCCCS)CC1. The second kappa shape index (κ2) is 6.90. The van der Waals surface area contributed by atoms with Gasteiger partial charge in [0.15, 0.2) is 0 Å². The van der Waals surface area contributed by atoms with Crippen LogP contribution < -0.4 is 0 Å². The van der Waals surface area contributed by atoms with Crippen LogP contribution in [0, 0.1) is 11.3 Å². The highest BCUT2D eigenvalue weighted by Crippen LogP contribution is 2.34. The zero-order valence-electron chi connectivity index (χ0n) is 11.3. The Hall–Kier alpha value is 0.310. The van der Waals surface area contributed by atoms with E-state index < -0.39 is 0 Å². The number of likely N-dealkylation sites (tertiary alicyclic amines) is 1. The van der Waals surface area contributed by atoms with Crippen LogP contribution in [-0.2, 0) is 0 Å². The Morgan fingerprint density at radius 1 is 1.12 bits per heavy atom. The lowest BCUT2D eigenvalue weighted by atomic mass is 9.77. The molecule has 1 aliphatic rings. The molecule has 1 fully saturated rings. The number of rotatable bonds is 4. The highest BCUT2D eigenvalue weighted by molar-refractivity contribution is 7.80. The third-order valence-electron chi connectivity index (χ3n) is 3.93. The van der Waals surface area contributed by atoms with Crippen LogP contribution in [0.15, 0.2) is 0 Å². The van der Waals surface area contributed by atoms with E-state index in [1.165, 1.54) is 51.7 Å². The smallest absolute Gasteiger partial charge is 0.00159 e. The molecule has 1 unspecified atom stereocenters. The van der Waals surface area contributed by atoms with E-state index in [1.807, 2.05) is 0 Å². The minimum atomic E-state index is 0.501.